The molecule has 4 nitrogen and oxygen atoms in total. The SMILES string of the molecule is C=C(C)C(=O)NCC(C)CCOCCO. The number of ether oxygens (including phenoxy) is 1. The molecular weight excluding hydrogens is 194 g/mol. The molecule has 0 fully saturated rings. The highest BCUT2D eigenvalue weighted by molar-refractivity contribution is 5.92. The van der Waals surface area contributed by atoms with Crippen molar-refractivity contribution < 1.29 is 14.6 Å². The van der Waals surface area contributed by atoms with Crippen molar-refractivity contribution in [3.05, 3.63) is 12.2 Å². The summed E-state index contributed by atoms with van der Waals surface area (Å²) in [6, 6.07) is 0. The van der Waals surface area contributed by atoms with Crippen molar-refractivity contribution in [3.8, 4) is 0 Å². The van der Waals surface area contributed by atoms with E-state index >= 15 is 0 Å². The second-order valence-electron chi connectivity index (χ2n) is 3.72. The quantitative estimate of drug-likeness (QED) is 0.463. The van der Waals surface area contributed by atoms with Gasteiger partial charge >= 0.3 is 0 Å². The molecule has 0 saturated carbocycles. The molecule has 15 heavy (non-hydrogen) atoms. The highest BCUT2D eigenvalue weighted by atomic mass is 16.5. The second-order valence-corrected chi connectivity index (χ2v) is 3.72. The molecule has 1 atom stereocenters. The summed E-state index contributed by atoms with van der Waals surface area (Å²) in [6.07, 6.45) is 0.871. The minimum Gasteiger partial charge on any atom is -0.394 e. The van der Waals surface area contributed by atoms with Crippen LogP contribution < -0.4 is 5.32 Å². The molecule has 1 amide bonds. The second kappa shape index (κ2) is 8.44. The summed E-state index contributed by atoms with van der Waals surface area (Å²) in [5.74, 6) is 0.269. The molecule has 0 rings (SSSR count). The summed E-state index contributed by atoms with van der Waals surface area (Å²) in [5.41, 5.74) is 0.527. The standard InChI is InChI=1S/C11H21NO3/c1-9(2)11(14)12-8-10(3)4-6-15-7-5-13/h10,13H,1,4-8H2,2-3H3,(H,12,14). The molecule has 0 heterocycles. The maximum Gasteiger partial charge on any atom is 0.246 e. The number of carbonyl (C=O) groups is 1. The summed E-state index contributed by atoms with van der Waals surface area (Å²) in [6.45, 7) is 8.97. The minimum absolute atomic E-state index is 0.0563. The molecule has 0 radical (unpaired) electrons. The van der Waals surface area contributed by atoms with Crippen LogP contribution in [0.3, 0.4) is 0 Å². The highest BCUT2D eigenvalue weighted by Gasteiger charge is 2.05. The van der Waals surface area contributed by atoms with Crippen molar-refractivity contribution in [2.24, 2.45) is 5.92 Å². The van der Waals surface area contributed by atoms with Gasteiger partial charge in [0.25, 0.3) is 0 Å². The predicted molar refractivity (Wildman–Crippen MR) is 59.5 cm³/mol. The van der Waals surface area contributed by atoms with E-state index in [-0.39, 0.29) is 12.5 Å². The lowest BCUT2D eigenvalue weighted by Crippen LogP contribution is -2.29. The Morgan fingerprint density at radius 1 is 1.53 bits per heavy atom. The summed E-state index contributed by atoms with van der Waals surface area (Å²) in [5, 5.41) is 11.3. The van der Waals surface area contributed by atoms with Crippen molar-refractivity contribution in [2.45, 2.75) is 20.3 Å². The normalized spacial score (nSPS) is 12.2. The van der Waals surface area contributed by atoms with Gasteiger partial charge in [0.2, 0.25) is 5.91 Å². The van der Waals surface area contributed by atoms with Crippen molar-refractivity contribution in [3.63, 3.8) is 0 Å². The number of carbonyl (C=O) groups excluding carboxylic acids is 1. The highest BCUT2D eigenvalue weighted by Crippen LogP contribution is 2.00. The molecule has 0 aliphatic heterocycles. The topological polar surface area (TPSA) is 58.6 Å². The minimum atomic E-state index is -0.0990. The Morgan fingerprint density at radius 2 is 2.20 bits per heavy atom. The van der Waals surface area contributed by atoms with Crippen LogP contribution in [0.4, 0.5) is 0 Å². The van der Waals surface area contributed by atoms with Gasteiger partial charge in [-0.05, 0) is 19.3 Å². The number of rotatable bonds is 8. The number of aliphatic hydroxyl groups excluding tert-OH is 1. The molecule has 0 aromatic rings. The lowest BCUT2D eigenvalue weighted by atomic mass is 10.1. The first-order valence-electron chi connectivity index (χ1n) is 5.20. The first-order chi connectivity index (χ1) is 7.07. The van der Waals surface area contributed by atoms with Crippen LogP contribution in [0.2, 0.25) is 0 Å². The molecule has 0 spiro atoms. The average molecular weight is 215 g/mol. The van der Waals surface area contributed by atoms with Crippen LogP contribution >= 0.6 is 0 Å². The maximum atomic E-state index is 11.1. The van der Waals surface area contributed by atoms with Crippen LogP contribution in [-0.4, -0.2) is 37.4 Å². The molecule has 0 aliphatic rings. The zero-order valence-electron chi connectivity index (χ0n) is 9.58. The van der Waals surface area contributed by atoms with Gasteiger partial charge in [0.15, 0.2) is 0 Å². The average Bonchev–Trinajstić information content (AvgIpc) is 2.20. The fourth-order valence-electron chi connectivity index (χ4n) is 0.971. The fraction of sp³-hybridized carbons (Fsp3) is 0.727. The van der Waals surface area contributed by atoms with Crippen molar-refractivity contribution in [1.29, 1.82) is 0 Å². The third kappa shape index (κ3) is 8.15. The van der Waals surface area contributed by atoms with Gasteiger partial charge in [0, 0.05) is 18.7 Å². The van der Waals surface area contributed by atoms with E-state index < -0.39 is 0 Å². The maximum absolute atomic E-state index is 11.1. The first kappa shape index (κ1) is 14.1. The van der Waals surface area contributed by atoms with E-state index in [4.69, 9.17) is 9.84 Å². The summed E-state index contributed by atoms with van der Waals surface area (Å²) >= 11 is 0. The van der Waals surface area contributed by atoms with E-state index in [9.17, 15) is 4.79 Å². The molecule has 0 saturated heterocycles. The van der Waals surface area contributed by atoms with Gasteiger partial charge in [0.05, 0.1) is 13.2 Å². The largest absolute Gasteiger partial charge is 0.394 e. The smallest absolute Gasteiger partial charge is 0.246 e. The number of amides is 1. The molecule has 4 heteroatoms. The van der Waals surface area contributed by atoms with Crippen LogP contribution in [0.5, 0.6) is 0 Å². The Morgan fingerprint density at radius 3 is 2.73 bits per heavy atom. The van der Waals surface area contributed by atoms with E-state index in [2.05, 4.69) is 11.9 Å². The Bertz CT molecular complexity index is 204. The lowest BCUT2D eigenvalue weighted by Gasteiger charge is -2.12. The summed E-state index contributed by atoms with van der Waals surface area (Å²) in [4.78, 5) is 11.1. The van der Waals surface area contributed by atoms with E-state index in [1.807, 2.05) is 6.92 Å². The van der Waals surface area contributed by atoms with Crippen LogP contribution in [0, 0.1) is 5.92 Å². The van der Waals surface area contributed by atoms with Crippen molar-refractivity contribution in [1.82, 2.24) is 5.32 Å². The fourth-order valence-corrected chi connectivity index (χ4v) is 0.971. The van der Waals surface area contributed by atoms with Crippen LogP contribution in [0.1, 0.15) is 20.3 Å². The van der Waals surface area contributed by atoms with Gasteiger partial charge in [-0.15, -0.1) is 0 Å². The lowest BCUT2D eigenvalue weighted by molar-refractivity contribution is -0.117. The number of aliphatic hydroxyl groups is 1. The van der Waals surface area contributed by atoms with Gasteiger partial charge in [-0.2, -0.15) is 0 Å². The van der Waals surface area contributed by atoms with Crippen LogP contribution in [0.25, 0.3) is 0 Å². The molecule has 0 aliphatic carbocycles. The Kier molecular flexibility index (Phi) is 7.95. The van der Waals surface area contributed by atoms with Gasteiger partial charge in [-0.1, -0.05) is 13.5 Å². The number of hydrogen-bond acceptors (Lipinski definition) is 3. The van der Waals surface area contributed by atoms with E-state index in [0.717, 1.165) is 6.42 Å². The summed E-state index contributed by atoms with van der Waals surface area (Å²) in [7, 11) is 0. The first-order valence-corrected chi connectivity index (χ1v) is 5.20. The van der Waals surface area contributed by atoms with Gasteiger partial charge in [-0.25, -0.2) is 0 Å². The third-order valence-electron chi connectivity index (χ3n) is 1.99. The van der Waals surface area contributed by atoms with Crippen molar-refractivity contribution in [2.75, 3.05) is 26.4 Å². The monoisotopic (exact) mass is 215 g/mol. The van der Waals surface area contributed by atoms with Gasteiger partial charge < -0.3 is 15.2 Å². The van der Waals surface area contributed by atoms with Crippen LogP contribution in [0.15, 0.2) is 12.2 Å². The number of nitrogens with one attached hydrogen (secondary N) is 1. The van der Waals surface area contributed by atoms with Crippen molar-refractivity contribution >= 4 is 5.91 Å². The van der Waals surface area contributed by atoms with E-state index in [1.54, 1.807) is 6.92 Å². The summed E-state index contributed by atoms with van der Waals surface area (Å²) < 4.78 is 5.13. The zero-order valence-corrected chi connectivity index (χ0v) is 9.58. The molecule has 88 valence electrons. The van der Waals surface area contributed by atoms with Crippen LogP contribution in [-0.2, 0) is 9.53 Å². The molecular formula is C11H21NO3. The Hall–Kier alpha value is -0.870. The van der Waals surface area contributed by atoms with E-state index in [1.165, 1.54) is 0 Å². The Balaban J connectivity index is 3.44. The third-order valence-corrected chi connectivity index (χ3v) is 1.99. The molecule has 1 unspecified atom stereocenters. The zero-order chi connectivity index (χ0) is 11.7. The van der Waals surface area contributed by atoms with Gasteiger partial charge in [-0.3, -0.25) is 4.79 Å². The van der Waals surface area contributed by atoms with E-state index in [0.29, 0.717) is 31.2 Å². The van der Waals surface area contributed by atoms with Gasteiger partial charge in [0.1, 0.15) is 0 Å². The predicted octanol–water partition coefficient (Wildman–Crippen LogP) is 0.714. The number of hydrogen-bond donors (Lipinski definition) is 2. The molecule has 0 aromatic carbocycles. The molecule has 0 bridgehead atoms. The Labute approximate surface area is 91.3 Å². The molecule has 0 aromatic heterocycles. The molecule has 2 N–H and O–H groups in total.